The van der Waals surface area contributed by atoms with Gasteiger partial charge in [-0.15, -0.1) is 12.4 Å². The Hall–Kier alpha value is -1.33. The van der Waals surface area contributed by atoms with E-state index < -0.39 is 0 Å². The van der Waals surface area contributed by atoms with Gasteiger partial charge in [-0.25, -0.2) is 0 Å². The number of hydrogen-bond donors (Lipinski definition) is 1. The van der Waals surface area contributed by atoms with Gasteiger partial charge in [0.15, 0.2) is 0 Å². The minimum Gasteiger partial charge on any atom is -0.364 e. The second-order valence-corrected chi connectivity index (χ2v) is 3.74. The SMILES string of the molecule is Cl.NC1CCN(c2ccccc2[N+](=O)[O-])C1. The molecular weight excluding hydrogens is 230 g/mol. The van der Waals surface area contributed by atoms with Crippen LogP contribution in [-0.2, 0) is 0 Å². The Morgan fingerprint density at radius 1 is 1.44 bits per heavy atom. The van der Waals surface area contributed by atoms with E-state index in [9.17, 15) is 10.1 Å². The van der Waals surface area contributed by atoms with Crippen molar-refractivity contribution < 1.29 is 4.92 Å². The number of anilines is 1. The Balaban J connectivity index is 0.00000128. The number of hydrogen-bond acceptors (Lipinski definition) is 4. The number of para-hydroxylation sites is 2. The van der Waals surface area contributed by atoms with Crippen molar-refractivity contribution in [2.75, 3.05) is 18.0 Å². The Labute approximate surface area is 99.8 Å². The molecule has 1 atom stereocenters. The van der Waals surface area contributed by atoms with E-state index in [1.54, 1.807) is 12.1 Å². The molecule has 2 N–H and O–H groups in total. The van der Waals surface area contributed by atoms with Crippen LogP contribution < -0.4 is 10.6 Å². The van der Waals surface area contributed by atoms with E-state index in [1.807, 2.05) is 11.0 Å². The fourth-order valence-electron chi connectivity index (χ4n) is 1.89. The summed E-state index contributed by atoms with van der Waals surface area (Å²) in [7, 11) is 0. The standard InChI is InChI=1S/C10H13N3O2.ClH/c11-8-5-6-12(7-8)9-3-1-2-4-10(9)13(14)15;/h1-4,8H,5-7,11H2;1H. The molecule has 1 aliphatic heterocycles. The average molecular weight is 244 g/mol. The van der Waals surface area contributed by atoms with E-state index >= 15 is 0 Å². The molecule has 0 spiro atoms. The first kappa shape index (κ1) is 12.7. The van der Waals surface area contributed by atoms with Gasteiger partial charge in [-0.1, -0.05) is 12.1 Å². The summed E-state index contributed by atoms with van der Waals surface area (Å²) in [4.78, 5) is 12.4. The molecule has 1 heterocycles. The number of nitro benzene ring substituents is 1. The topological polar surface area (TPSA) is 72.4 Å². The van der Waals surface area contributed by atoms with E-state index in [0.29, 0.717) is 12.2 Å². The molecular formula is C10H14ClN3O2. The van der Waals surface area contributed by atoms with Crippen LogP contribution in [0.1, 0.15) is 6.42 Å². The second kappa shape index (κ2) is 5.14. The van der Waals surface area contributed by atoms with Crippen LogP contribution in [0.5, 0.6) is 0 Å². The maximum Gasteiger partial charge on any atom is 0.292 e. The molecule has 0 aliphatic carbocycles. The van der Waals surface area contributed by atoms with Crippen molar-refractivity contribution in [2.24, 2.45) is 5.73 Å². The van der Waals surface area contributed by atoms with Gasteiger partial charge in [0.1, 0.15) is 5.69 Å². The molecule has 0 saturated carbocycles. The zero-order valence-corrected chi connectivity index (χ0v) is 9.52. The molecule has 6 heteroatoms. The second-order valence-electron chi connectivity index (χ2n) is 3.74. The monoisotopic (exact) mass is 243 g/mol. The third-order valence-corrected chi connectivity index (χ3v) is 2.64. The molecule has 5 nitrogen and oxygen atoms in total. The summed E-state index contributed by atoms with van der Waals surface area (Å²) in [5.41, 5.74) is 6.61. The van der Waals surface area contributed by atoms with Crippen molar-refractivity contribution in [1.29, 1.82) is 0 Å². The minimum atomic E-state index is -0.348. The van der Waals surface area contributed by atoms with E-state index in [4.69, 9.17) is 5.73 Å². The van der Waals surface area contributed by atoms with Crippen LogP contribution in [0.15, 0.2) is 24.3 Å². The van der Waals surface area contributed by atoms with Gasteiger partial charge in [-0.2, -0.15) is 0 Å². The molecule has 16 heavy (non-hydrogen) atoms. The number of halogens is 1. The predicted octanol–water partition coefficient (Wildman–Crippen LogP) is 1.55. The highest BCUT2D eigenvalue weighted by Gasteiger charge is 2.24. The average Bonchev–Trinajstić information content (AvgIpc) is 2.65. The fraction of sp³-hybridized carbons (Fsp3) is 0.400. The number of nitrogens with zero attached hydrogens (tertiary/aromatic N) is 2. The third-order valence-electron chi connectivity index (χ3n) is 2.64. The lowest BCUT2D eigenvalue weighted by molar-refractivity contribution is -0.384. The van der Waals surface area contributed by atoms with Crippen molar-refractivity contribution >= 4 is 23.8 Å². The fourth-order valence-corrected chi connectivity index (χ4v) is 1.89. The highest BCUT2D eigenvalue weighted by Crippen LogP contribution is 2.29. The summed E-state index contributed by atoms with van der Waals surface area (Å²) < 4.78 is 0. The highest BCUT2D eigenvalue weighted by atomic mass is 35.5. The number of nitro groups is 1. The summed E-state index contributed by atoms with van der Waals surface area (Å²) in [5, 5.41) is 10.8. The zero-order chi connectivity index (χ0) is 10.8. The van der Waals surface area contributed by atoms with E-state index in [0.717, 1.165) is 13.0 Å². The first-order chi connectivity index (χ1) is 7.18. The Morgan fingerprint density at radius 2 is 2.12 bits per heavy atom. The molecule has 88 valence electrons. The Bertz CT molecular complexity index is 386. The van der Waals surface area contributed by atoms with Gasteiger partial charge in [-0.05, 0) is 12.5 Å². The van der Waals surface area contributed by atoms with Crippen LogP contribution >= 0.6 is 12.4 Å². The van der Waals surface area contributed by atoms with Crippen LogP contribution in [-0.4, -0.2) is 24.1 Å². The van der Waals surface area contributed by atoms with Gasteiger partial charge in [-0.3, -0.25) is 10.1 Å². The summed E-state index contributed by atoms with van der Waals surface area (Å²) in [5.74, 6) is 0. The van der Waals surface area contributed by atoms with Gasteiger partial charge in [0.25, 0.3) is 5.69 Å². The largest absolute Gasteiger partial charge is 0.364 e. The quantitative estimate of drug-likeness (QED) is 0.632. The van der Waals surface area contributed by atoms with Crippen molar-refractivity contribution in [3.63, 3.8) is 0 Å². The van der Waals surface area contributed by atoms with Gasteiger partial charge in [0.05, 0.1) is 4.92 Å². The zero-order valence-electron chi connectivity index (χ0n) is 8.70. The van der Waals surface area contributed by atoms with Gasteiger partial charge in [0.2, 0.25) is 0 Å². The van der Waals surface area contributed by atoms with Gasteiger partial charge in [0, 0.05) is 25.2 Å². The molecule has 0 amide bonds. The van der Waals surface area contributed by atoms with Gasteiger partial charge < -0.3 is 10.6 Å². The Kier molecular flexibility index (Phi) is 4.09. The first-order valence-electron chi connectivity index (χ1n) is 4.92. The molecule has 0 radical (unpaired) electrons. The maximum absolute atomic E-state index is 10.8. The summed E-state index contributed by atoms with van der Waals surface area (Å²) >= 11 is 0. The molecule has 1 aromatic rings. The molecule has 2 rings (SSSR count). The van der Waals surface area contributed by atoms with Crippen molar-refractivity contribution in [1.82, 2.24) is 0 Å². The van der Waals surface area contributed by atoms with Crippen LogP contribution in [0.4, 0.5) is 11.4 Å². The maximum atomic E-state index is 10.8. The lowest BCUT2D eigenvalue weighted by Crippen LogP contribution is -2.26. The number of benzene rings is 1. The summed E-state index contributed by atoms with van der Waals surface area (Å²) in [6.45, 7) is 1.50. The molecule has 0 bridgehead atoms. The van der Waals surface area contributed by atoms with Crippen LogP contribution in [0.25, 0.3) is 0 Å². The first-order valence-corrected chi connectivity index (χ1v) is 4.92. The summed E-state index contributed by atoms with van der Waals surface area (Å²) in [6.07, 6.45) is 0.895. The van der Waals surface area contributed by atoms with Crippen LogP contribution in [0, 0.1) is 10.1 Å². The normalized spacial score (nSPS) is 19.3. The predicted molar refractivity (Wildman–Crippen MR) is 65.1 cm³/mol. The lowest BCUT2D eigenvalue weighted by Gasteiger charge is -2.17. The molecule has 1 aromatic carbocycles. The summed E-state index contributed by atoms with van der Waals surface area (Å²) in [6, 6.07) is 6.92. The molecule has 1 saturated heterocycles. The number of nitrogens with two attached hydrogens (primary N) is 1. The highest BCUT2D eigenvalue weighted by molar-refractivity contribution is 5.85. The Morgan fingerprint density at radius 3 is 2.69 bits per heavy atom. The van der Waals surface area contributed by atoms with Crippen LogP contribution in [0.3, 0.4) is 0 Å². The number of rotatable bonds is 2. The lowest BCUT2D eigenvalue weighted by atomic mass is 10.2. The van der Waals surface area contributed by atoms with Crippen molar-refractivity contribution in [2.45, 2.75) is 12.5 Å². The third kappa shape index (κ3) is 2.43. The van der Waals surface area contributed by atoms with Crippen LogP contribution in [0.2, 0.25) is 0 Å². The van der Waals surface area contributed by atoms with E-state index in [1.165, 1.54) is 6.07 Å². The van der Waals surface area contributed by atoms with E-state index in [-0.39, 0.29) is 29.1 Å². The smallest absolute Gasteiger partial charge is 0.292 e. The molecule has 1 fully saturated rings. The molecule has 0 aromatic heterocycles. The molecule has 1 aliphatic rings. The van der Waals surface area contributed by atoms with Gasteiger partial charge >= 0.3 is 0 Å². The minimum absolute atomic E-state index is 0. The van der Waals surface area contributed by atoms with E-state index in [2.05, 4.69) is 0 Å². The van der Waals surface area contributed by atoms with Crippen molar-refractivity contribution in [3.05, 3.63) is 34.4 Å². The molecule has 1 unspecified atom stereocenters. The van der Waals surface area contributed by atoms with Crippen molar-refractivity contribution in [3.8, 4) is 0 Å².